The SMILES string of the molecule is CC1(C)c2ccccc2-c2cc(N(c3ccc(-c4ccc5c(c4)oc4cc6oc(-c7ccccc7)nc6cc45)cc3)c3ccccc3-c3cccc4ccccc34)ccc21. The zero-order valence-electron chi connectivity index (χ0n) is 33.2. The molecule has 0 bridgehead atoms. The predicted octanol–water partition coefficient (Wildman–Crippen LogP) is 15.7. The Morgan fingerprint density at radius 3 is 1.98 bits per heavy atom. The van der Waals surface area contributed by atoms with Gasteiger partial charge in [-0.15, -0.1) is 0 Å². The fourth-order valence-corrected chi connectivity index (χ4v) is 9.52. The Morgan fingerprint density at radius 1 is 0.417 bits per heavy atom. The molecule has 0 radical (unpaired) electrons. The van der Waals surface area contributed by atoms with E-state index in [0.29, 0.717) is 11.5 Å². The molecule has 0 saturated carbocycles. The monoisotopic (exact) mass is 770 g/mol. The van der Waals surface area contributed by atoms with Gasteiger partial charge in [0.05, 0.1) is 5.69 Å². The minimum Gasteiger partial charge on any atom is -0.456 e. The van der Waals surface area contributed by atoms with Gasteiger partial charge in [-0.2, -0.15) is 0 Å². The topological polar surface area (TPSA) is 42.4 Å². The van der Waals surface area contributed by atoms with Gasteiger partial charge in [-0.25, -0.2) is 4.98 Å². The molecule has 0 N–H and O–H groups in total. The van der Waals surface area contributed by atoms with Crippen molar-refractivity contribution in [2.45, 2.75) is 19.3 Å². The minimum atomic E-state index is -0.0770. The molecule has 0 fully saturated rings. The second-order valence-corrected chi connectivity index (χ2v) is 16.3. The summed E-state index contributed by atoms with van der Waals surface area (Å²) in [5.74, 6) is 0.606. The van der Waals surface area contributed by atoms with E-state index in [1.54, 1.807) is 0 Å². The van der Waals surface area contributed by atoms with Gasteiger partial charge in [0, 0.05) is 44.8 Å². The molecule has 4 heteroatoms. The van der Waals surface area contributed by atoms with Crippen LogP contribution in [-0.2, 0) is 5.41 Å². The fourth-order valence-electron chi connectivity index (χ4n) is 9.52. The Kier molecular flexibility index (Phi) is 7.54. The van der Waals surface area contributed by atoms with Crippen molar-refractivity contribution >= 4 is 60.9 Å². The highest BCUT2D eigenvalue weighted by Crippen LogP contribution is 2.51. The van der Waals surface area contributed by atoms with Crippen LogP contribution >= 0.6 is 0 Å². The maximum Gasteiger partial charge on any atom is 0.227 e. The Balaban J connectivity index is 0.965. The molecule has 9 aromatic carbocycles. The summed E-state index contributed by atoms with van der Waals surface area (Å²) < 4.78 is 12.6. The van der Waals surface area contributed by atoms with Crippen molar-refractivity contribution in [2.24, 2.45) is 0 Å². The molecule has 1 aliphatic carbocycles. The van der Waals surface area contributed by atoms with E-state index >= 15 is 0 Å². The molecule has 2 heterocycles. The first-order chi connectivity index (χ1) is 29.5. The van der Waals surface area contributed by atoms with Crippen LogP contribution in [-0.4, -0.2) is 4.98 Å². The molecule has 4 nitrogen and oxygen atoms in total. The maximum atomic E-state index is 6.48. The number of para-hydroxylation sites is 1. The first kappa shape index (κ1) is 34.4. The van der Waals surface area contributed by atoms with Crippen molar-refractivity contribution in [2.75, 3.05) is 4.90 Å². The number of anilines is 3. The van der Waals surface area contributed by atoms with Crippen molar-refractivity contribution in [1.82, 2.24) is 4.98 Å². The van der Waals surface area contributed by atoms with Crippen LogP contribution in [0.1, 0.15) is 25.0 Å². The minimum absolute atomic E-state index is 0.0770. The van der Waals surface area contributed by atoms with Crippen molar-refractivity contribution in [3.8, 4) is 44.8 Å². The van der Waals surface area contributed by atoms with Crippen LogP contribution < -0.4 is 4.90 Å². The standard InChI is InChI=1S/C56H38N2O2/c1-56(2)48-21-10-8-18-43(48)46-32-40(28-30-49(46)56)58(51-22-11-9-19-44(51)42-20-12-16-36-13-6-7-17-41(36)42)39-26-23-35(24-27-39)38-25-29-45-47-33-50-54(34-53(47)59-52(45)31-38)60-55(57-50)37-14-4-3-5-15-37/h3-34H,1-2H3. The highest BCUT2D eigenvalue weighted by Gasteiger charge is 2.35. The third-order valence-corrected chi connectivity index (χ3v) is 12.5. The molecule has 2 aromatic heterocycles. The lowest BCUT2D eigenvalue weighted by molar-refractivity contribution is 0.617. The smallest absolute Gasteiger partial charge is 0.227 e. The average molecular weight is 771 g/mol. The van der Waals surface area contributed by atoms with Gasteiger partial charge in [0.15, 0.2) is 5.58 Å². The van der Waals surface area contributed by atoms with E-state index in [1.807, 2.05) is 36.4 Å². The number of hydrogen-bond acceptors (Lipinski definition) is 4. The number of fused-ring (bicyclic) bond motifs is 8. The van der Waals surface area contributed by atoms with E-state index in [-0.39, 0.29) is 5.41 Å². The molecule has 0 atom stereocenters. The van der Waals surface area contributed by atoms with Crippen LogP contribution in [0.15, 0.2) is 203 Å². The quantitative estimate of drug-likeness (QED) is 0.169. The second kappa shape index (κ2) is 13.2. The highest BCUT2D eigenvalue weighted by atomic mass is 16.4. The molecule has 0 amide bonds. The summed E-state index contributed by atoms with van der Waals surface area (Å²) in [6, 6.07) is 69.4. The Morgan fingerprint density at radius 2 is 1.10 bits per heavy atom. The fraction of sp³-hybridized carbons (Fsp3) is 0.0536. The summed E-state index contributed by atoms with van der Waals surface area (Å²) >= 11 is 0. The van der Waals surface area contributed by atoms with Gasteiger partial charge in [0.25, 0.3) is 0 Å². The van der Waals surface area contributed by atoms with Gasteiger partial charge in [-0.3, -0.25) is 0 Å². The van der Waals surface area contributed by atoms with Gasteiger partial charge < -0.3 is 13.7 Å². The summed E-state index contributed by atoms with van der Waals surface area (Å²) in [7, 11) is 0. The molecule has 0 spiro atoms. The summed E-state index contributed by atoms with van der Waals surface area (Å²) in [5, 5.41) is 4.53. The summed E-state index contributed by atoms with van der Waals surface area (Å²) in [6.45, 7) is 4.67. The zero-order chi connectivity index (χ0) is 40.0. The third-order valence-electron chi connectivity index (χ3n) is 12.5. The van der Waals surface area contributed by atoms with E-state index in [2.05, 4.69) is 176 Å². The van der Waals surface area contributed by atoms with E-state index in [9.17, 15) is 0 Å². The van der Waals surface area contributed by atoms with Crippen molar-refractivity contribution in [3.63, 3.8) is 0 Å². The first-order valence-corrected chi connectivity index (χ1v) is 20.5. The highest BCUT2D eigenvalue weighted by molar-refractivity contribution is 6.10. The van der Waals surface area contributed by atoms with Crippen molar-refractivity contribution in [3.05, 3.63) is 205 Å². The van der Waals surface area contributed by atoms with Crippen LogP contribution in [0.25, 0.3) is 88.6 Å². The largest absolute Gasteiger partial charge is 0.456 e. The number of oxazole rings is 1. The number of furan rings is 1. The molecule has 60 heavy (non-hydrogen) atoms. The van der Waals surface area contributed by atoms with Crippen molar-refractivity contribution < 1.29 is 8.83 Å². The Bertz CT molecular complexity index is 3460. The molecule has 0 unspecified atom stereocenters. The molecule has 0 aliphatic heterocycles. The summed E-state index contributed by atoms with van der Waals surface area (Å²) in [4.78, 5) is 7.23. The van der Waals surface area contributed by atoms with Gasteiger partial charge in [-0.1, -0.05) is 141 Å². The normalized spacial score (nSPS) is 13.0. The summed E-state index contributed by atoms with van der Waals surface area (Å²) in [5.41, 5.74) is 17.2. The van der Waals surface area contributed by atoms with Crippen LogP contribution in [0, 0.1) is 0 Å². The number of nitrogens with zero attached hydrogens (tertiary/aromatic N) is 2. The Labute approximate surface area is 347 Å². The average Bonchev–Trinajstić information content (AvgIpc) is 3.95. The van der Waals surface area contributed by atoms with E-state index in [0.717, 1.165) is 61.2 Å². The van der Waals surface area contributed by atoms with Gasteiger partial charge >= 0.3 is 0 Å². The van der Waals surface area contributed by atoms with Gasteiger partial charge in [-0.05, 0) is 110 Å². The molecule has 12 rings (SSSR count). The molecule has 11 aromatic rings. The number of hydrogen-bond donors (Lipinski definition) is 0. The van der Waals surface area contributed by atoms with Crippen LogP contribution in [0.3, 0.4) is 0 Å². The molecular weight excluding hydrogens is 733 g/mol. The zero-order valence-corrected chi connectivity index (χ0v) is 33.2. The van der Waals surface area contributed by atoms with Crippen molar-refractivity contribution in [1.29, 1.82) is 0 Å². The molecule has 1 aliphatic rings. The maximum absolute atomic E-state index is 6.48. The van der Waals surface area contributed by atoms with Crippen LogP contribution in [0.5, 0.6) is 0 Å². The number of aromatic nitrogens is 1. The lowest BCUT2D eigenvalue weighted by atomic mass is 9.82. The Hall–Kier alpha value is -7.69. The van der Waals surface area contributed by atoms with Crippen LogP contribution in [0.2, 0.25) is 0 Å². The molecular formula is C56H38N2O2. The van der Waals surface area contributed by atoms with E-state index in [4.69, 9.17) is 13.8 Å². The first-order valence-electron chi connectivity index (χ1n) is 20.5. The van der Waals surface area contributed by atoms with Gasteiger partial charge in [0.2, 0.25) is 5.89 Å². The lowest BCUT2D eigenvalue weighted by Gasteiger charge is -2.29. The van der Waals surface area contributed by atoms with E-state index < -0.39 is 0 Å². The predicted molar refractivity (Wildman–Crippen MR) is 247 cm³/mol. The molecule has 0 saturated heterocycles. The van der Waals surface area contributed by atoms with Crippen LogP contribution in [0.4, 0.5) is 17.1 Å². The molecule has 284 valence electrons. The van der Waals surface area contributed by atoms with E-state index in [1.165, 1.54) is 44.2 Å². The number of rotatable bonds is 6. The van der Waals surface area contributed by atoms with Gasteiger partial charge in [0.1, 0.15) is 16.7 Å². The third kappa shape index (κ3) is 5.34. The lowest BCUT2D eigenvalue weighted by Crippen LogP contribution is -2.15. The second-order valence-electron chi connectivity index (χ2n) is 16.3. The summed E-state index contributed by atoms with van der Waals surface area (Å²) in [6.07, 6.45) is 0. The number of benzene rings is 9.